The van der Waals surface area contributed by atoms with Crippen molar-refractivity contribution < 1.29 is 23.8 Å². The highest BCUT2D eigenvalue weighted by Gasteiger charge is 2.17. The zero-order valence-electron chi connectivity index (χ0n) is 15.0. The second-order valence-corrected chi connectivity index (χ2v) is 6.90. The number of carbonyl (C=O) groups is 2. The van der Waals surface area contributed by atoms with Crippen molar-refractivity contribution in [1.82, 2.24) is 0 Å². The van der Waals surface area contributed by atoms with Crippen molar-refractivity contribution in [3.8, 4) is 11.5 Å². The lowest BCUT2D eigenvalue weighted by atomic mass is 10.2. The zero-order chi connectivity index (χ0) is 19.1. The van der Waals surface area contributed by atoms with Crippen molar-refractivity contribution >= 4 is 27.9 Å². The van der Waals surface area contributed by atoms with Crippen LogP contribution in [0, 0.1) is 5.92 Å². The minimum absolute atomic E-state index is 0.244. The number of esters is 2. The molecule has 0 aliphatic heterocycles. The van der Waals surface area contributed by atoms with Crippen LogP contribution < -0.4 is 9.47 Å². The maximum Gasteiger partial charge on any atom is 0.347 e. The molecular formula is C20H21BrO5. The van der Waals surface area contributed by atoms with Crippen LogP contribution in [0.3, 0.4) is 0 Å². The maximum atomic E-state index is 12.5. The molecular weight excluding hydrogens is 400 g/mol. The van der Waals surface area contributed by atoms with Crippen molar-refractivity contribution in [3.63, 3.8) is 0 Å². The number of carbonyl (C=O) groups excluding carboxylic acids is 2. The highest BCUT2D eigenvalue weighted by atomic mass is 79.9. The van der Waals surface area contributed by atoms with Crippen LogP contribution in [0.2, 0.25) is 0 Å². The Hall–Kier alpha value is -2.34. The maximum absolute atomic E-state index is 12.5. The molecule has 2 rings (SSSR count). The van der Waals surface area contributed by atoms with Gasteiger partial charge in [-0.15, -0.1) is 0 Å². The number of halogens is 1. The molecule has 26 heavy (non-hydrogen) atoms. The van der Waals surface area contributed by atoms with Crippen molar-refractivity contribution in [2.24, 2.45) is 5.92 Å². The molecule has 0 unspecified atom stereocenters. The van der Waals surface area contributed by atoms with E-state index in [-0.39, 0.29) is 11.7 Å². The molecule has 6 heteroatoms. The fourth-order valence-electron chi connectivity index (χ4n) is 2.12. The Labute approximate surface area is 161 Å². The van der Waals surface area contributed by atoms with Crippen LogP contribution in [-0.4, -0.2) is 25.2 Å². The van der Waals surface area contributed by atoms with E-state index in [1.54, 1.807) is 36.4 Å². The minimum atomic E-state index is -0.567. The van der Waals surface area contributed by atoms with E-state index in [0.29, 0.717) is 30.1 Å². The van der Waals surface area contributed by atoms with Crippen LogP contribution in [0.1, 0.15) is 41.5 Å². The van der Waals surface area contributed by atoms with Gasteiger partial charge in [-0.05, 0) is 49.2 Å². The molecule has 0 radical (unpaired) electrons. The summed E-state index contributed by atoms with van der Waals surface area (Å²) in [4.78, 5) is 24.6. The van der Waals surface area contributed by atoms with Gasteiger partial charge in [0, 0.05) is 4.47 Å². The highest BCUT2D eigenvalue weighted by Crippen LogP contribution is 2.25. The third-order valence-electron chi connectivity index (χ3n) is 3.29. The molecule has 0 aromatic heterocycles. The molecule has 2 aromatic carbocycles. The van der Waals surface area contributed by atoms with Gasteiger partial charge in [0.2, 0.25) is 0 Å². The summed E-state index contributed by atoms with van der Waals surface area (Å²) in [6, 6.07) is 11.5. The average Bonchev–Trinajstić information content (AvgIpc) is 2.61. The molecule has 0 saturated heterocycles. The number of hydrogen-bond donors (Lipinski definition) is 0. The first-order chi connectivity index (χ1) is 12.4. The van der Waals surface area contributed by atoms with E-state index in [2.05, 4.69) is 15.9 Å². The van der Waals surface area contributed by atoms with E-state index in [4.69, 9.17) is 14.2 Å². The molecule has 0 aliphatic carbocycles. The summed E-state index contributed by atoms with van der Waals surface area (Å²) in [7, 11) is 0. The van der Waals surface area contributed by atoms with Crippen molar-refractivity contribution in [1.29, 1.82) is 0 Å². The van der Waals surface area contributed by atoms with Gasteiger partial charge in [-0.25, -0.2) is 9.59 Å². The molecule has 138 valence electrons. The first kappa shape index (κ1) is 20.0. The fourth-order valence-corrected chi connectivity index (χ4v) is 2.48. The predicted molar refractivity (Wildman–Crippen MR) is 102 cm³/mol. The molecule has 0 fully saturated rings. The van der Waals surface area contributed by atoms with Crippen LogP contribution in [0.15, 0.2) is 46.9 Å². The van der Waals surface area contributed by atoms with Crippen molar-refractivity contribution in [2.45, 2.75) is 20.8 Å². The minimum Gasteiger partial charge on any atom is -0.493 e. The lowest BCUT2D eigenvalue weighted by molar-refractivity contribution is 0.0457. The number of hydrogen-bond acceptors (Lipinski definition) is 5. The smallest absolute Gasteiger partial charge is 0.347 e. The molecule has 2 aromatic rings. The lowest BCUT2D eigenvalue weighted by Crippen LogP contribution is -2.12. The van der Waals surface area contributed by atoms with E-state index in [1.807, 2.05) is 20.8 Å². The van der Waals surface area contributed by atoms with Gasteiger partial charge in [0.05, 0.1) is 18.8 Å². The molecule has 0 heterocycles. The monoisotopic (exact) mass is 420 g/mol. The summed E-state index contributed by atoms with van der Waals surface area (Å²) >= 11 is 3.34. The Morgan fingerprint density at radius 2 is 1.85 bits per heavy atom. The SMILES string of the molecule is CCOc1ccc(Br)cc1C(=O)Oc1cccc(C(=O)OCC(C)C)c1. The van der Waals surface area contributed by atoms with Crippen LogP contribution in [0.25, 0.3) is 0 Å². The molecule has 0 aliphatic rings. The standard InChI is InChI=1S/C20H21BrO5/c1-4-24-18-9-8-15(21)11-17(18)20(23)26-16-7-5-6-14(10-16)19(22)25-12-13(2)3/h5-11,13H,4,12H2,1-3H3. The highest BCUT2D eigenvalue weighted by molar-refractivity contribution is 9.10. The Kier molecular flexibility index (Phi) is 7.21. The summed E-state index contributed by atoms with van der Waals surface area (Å²) in [6.45, 7) is 6.51. The number of ether oxygens (including phenoxy) is 3. The molecule has 0 atom stereocenters. The summed E-state index contributed by atoms with van der Waals surface area (Å²) in [5.41, 5.74) is 0.629. The fraction of sp³-hybridized carbons (Fsp3) is 0.300. The Balaban J connectivity index is 2.16. The van der Waals surface area contributed by atoms with Gasteiger partial charge < -0.3 is 14.2 Å². The van der Waals surface area contributed by atoms with Gasteiger partial charge in [0.25, 0.3) is 0 Å². The van der Waals surface area contributed by atoms with E-state index < -0.39 is 11.9 Å². The Morgan fingerprint density at radius 1 is 1.08 bits per heavy atom. The predicted octanol–water partition coefficient (Wildman–Crippen LogP) is 4.88. The molecule has 0 bridgehead atoms. The summed E-state index contributed by atoms with van der Waals surface area (Å²) in [5, 5.41) is 0. The summed E-state index contributed by atoms with van der Waals surface area (Å²) < 4.78 is 16.8. The van der Waals surface area contributed by atoms with Gasteiger partial charge in [-0.2, -0.15) is 0 Å². The number of rotatable bonds is 7. The van der Waals surface area contributed by atoms with E-state index in [0.717, 1.165) is 4.47 Å². The topological polar surface area (TPSA) is 61.8 Å². The molecule has 0 spiro atoms. The van der Waals surface area contributed by atoms with Crippen LogP contribution in [-0.2, 0) is 4.74 Å². The van der Waals surface area contributed by atoms with Crippen LogP contribution in [0.5, 0.6) is 11.5 Å². The molecule has 0 saturated carbocycles. The Morgan fingerprint density at radius 3 is 2.54 bits per heavy atom. The van der Waals surface area contributed by atoms with E-state index in [9.17, 15) is 9.59 Å². The van der Waals surface area contributed by atoms with E-state index >= 15 is 0 Å². The van der Waals surface area contributed by atoms with Crippen molar-refractivity contribution in [3.05, 3.63) is 58.1 Å². The molecule has 0 amide bonds. The van der Waals surface area contributed by atoms with Crippen molar-refractivity contribution in [2.75, 3.05) is 13.2 Å². The Bertz CT molecular complexity index is 786. The van der Waals surface area contributed by atoms with Gasteiger partial charge in [0.1, 0.15) is 17.1 Å². The van der Waals surface area contributed by atoms with E-state index in [1.165, 1.54) is 6.07 Å². The van der Waals surface area contributed by atoms with Gasteiger partial charge in [-0.3, -0.25) is 0 Å². The first-order valence-corrected chi connectivity index (χ1v) is 9.11. The van der Waals surface area contributed by atoms with Gasteiger partial charge >= 0.3 is 11.9 Å². The van der Waals surface area contributed by atoms with Gasteiger partial charge in [0.15, 0.2) is 0 Å². The van der Waals surface area contributed by atoms with Crippen LogP contribution in [0.4, 0.5) is 0 Å². The largest absolute Gasteiger partial charge is 0.493 e. The third-order valence-corrected chi connectivity index (χ3v) is 3.78. The summed E-state index contributed by atoms with van der Waals surface area (Å²) in [5.74, 6) is -0.0744. The third kappa shape index (κ3) is 5.59. The lowest BCUT2D eigenvalue weighted by Gasteiger charge is -2.11. The molecule has 5 nitrogen and oxygen atoms in total. The second kappa shape index (κ2) is 9.38. The summed E-state index contributed by atoms with van der Waals surface area (Å²) in [6.07, 6.45) is 0. The van der Waals surface area contributed by atoms with Crippen LogP contribution >= 0.6 is 15.9 Å². The van der Waals surface area contributed by atoms with Gasteiger partial charge in [-0.1, -0.05) is 35.8 Å². The normalized spacial score (nSPS) is 10.5. The zero-order valence-corrected chi connectivity index (χ0v) is 16.5. The second-order valence-electron chi connectivity index (χ2n) is 5.98. The average molecular weight is 421 g/mol. The first-order valence-electron chi connectivity index (χ1n) is 8.32. The quantitative estimate of drug-likeness (QED) is 0.471. The molecule has 0 N–H and O–H groups in total. The number of benzene rings is 2.